The van der Waals surface area contributed by atoms with Gasteiger partial charge in [-0.2, -0.15) is 0 Å². The van der Waals surface area contributed by atoms with Gasteiger partial charge in [0.2, 0.25) is 0 Å². The second kappa shape index (κ2) is 11.5. The molecule has 1 unspecified atom stereocenters. The SMILES string of the molecule is CCCOCCOCC(CBr)CCC. The predicted octanol–water partition coefficient (Wildman–Crippen LogP) is 3.24. The topological polar surface area (TPSA) is 18.5 Å². The van der Waals surface area contributed by atoms with Gasteiger partial charge >= 0.3 is 0 Å². The van der Waals surface area contributed by atoms with E-state index in [2.05, 4.69) is 29.8 Å². The third-order valence-corrected chi connectivity index (χ3v) is 2.90. The molecule has 0 amide bonds. The Balaban J connectivity index is 3.15. The lowest BCUT2D eigenvalue weighted by Gasteiger charge is -2.13. The van der Waals surface area contributed by atoms with Crippen LogP contribution in [-0.2, 0) is 9.47 Å². The first-order valence-electron chi connectivity index (χ1n) is 5.56. The number of hydrogen-bond acceptors (Lipinski definition) is 2. The van der Waals surface area contributed by atoms with Crippen LogP contribution in [0, 0.1) is 5.92 Å². The molecule has 3 heteroatoms. The zero-order valence-corrected chi connectivity index (χ0v) is 11.0. The number of rotatable bonds is 10. The summed E-state index contributed by atoms with van der Waals surface area (Å²) in [6, 6.07) is 0. The zero-order valence-electron chi connectivity index (χ0n) is 9.43. The van der Waals surface area contributed by atoms with Crippen LogP contribution in [0.15, 0.2) is 0 Å². The van der Waals surface area contributed by atoms with Crippen molar-refractivity contribution in [3.63, 3.8) is 0 Å². The molecule has 0 aromatic heterocycles. The smallest absolute Gasteiger partial charge is 0.0700 e. The highest BCUT2D eigenvalue weighted by Gasteiger charge is 2.05. The van der Waals surface area contributed by atoms with Crippen LogP contribution >= 0.6 is 15.9 Å². The Morgan fingerprint density at radius 1 is 1.00 bits per heavy atom. The Bertz CT molecular complexity index is 109. The molecule has 14 heavy (non-hydrogen) atoms. The van der Waals surface area contributed by atoms with E-state index < -0.39 is 0 Å². The highest BCUT2D eigenvalue weighted by molar-refractivity contribution is 9.09. The molecule has 0 aromatic rings. The highest BCUT2D eigenvalue weighted by Crippen LogP contribution is 2.09. The Morgan fingerprint density at radius 3 is 2.29 bits per heavy atom. The minimum absolute atomic E-state index is 0.658. The second-order valence-electron chi connectivity index (χ2n) is 3.50. The minimum Gasteiger partial charge on any atom is -0.379 e. The Labute approximate surface area is 96.5 Å². The zero-order chi connectivity index (χ0) is 10.6. The number of alkyl halides is 1. The van der Waals surface area contributed by atoms with Crippen molar-refractivity contribution in [2.75, 3.05) is 31.8 Å². The van der Waals surface area contributed by atoms with E-state index in [-0.39, 0.29) is 0 Å². The van der Waals surface area contributed by atoms with Gasteiger partial charge in [-0.15, -0.1) is 0 Å². The summed E-state index contributed by atoms with van der Waals surface area (Å²) < 4.78 is 10.9. The highest BCUT2D eigenvalue weighted by atomic mass is 79.9. The molecular weight excluding hydrogens is 244 g/mol. The molecule has 0 aliphatic heterocycles. The van der Waals surface area contributed by atoms with Crippen LogP contribution in [0.2, 0.25) is 0 Å². The van der Waals surface area contributed by atoms with Gasteiger partial charge in [-0.3, -0.25) is 0 Å². The number of halogens is 1. The summed E-state index contributed by atoms with van der Waals surface area (Å²) in [5, 5.41) is 1.04. The molecule has 0 heterocycles. The quantitative estimate of drug-likeness (QED) is 0.447. The third kappa shape index (κ3) is 8.97. The number of hydrogen-bond donors (Lipinski definition) is 0. The van der Waals surface area contributed by atoms with Crippen LogP contribution in [0.3, 0.4) is 0 Å². The molecule has 2 nitrogen and oxygen atoms in total. The van der Waals surface area contributed by atoms with Gasteiger partial charge in [0, 0.05) is 11.9 Å². The fraction of sp³-hybridized carbons (Fsp3) is 1.00. The van der Waals surface area contributed by atoms with Crippen molar-refractivity contribution in [1.82, 2.24) is 0 Å². The Morgan fingerprint density at radius 2 is 1.71 bits per heavy atom. The fourth-order valence-corrected chi connectivity index (χ4v) is 1.74. The van der Waals surface area contributed by atoms with Gasteiger partial charge in [-0.25, -0.2) is 0 Å². The molecule has 0 bridgehead atoms. The van der Waals surface area contributed by atoms with Crippen molar-refractivity contribution >= 4 is 15.9 Å². The fourth-order valence-electron chi connectivity index (χ4n) is 1.23. The lowest BCUT2D eigenvalue weighted by molar-refractivity contribution is 0.0355. The van der Waals surface area contributed by atoms with E-state index in [4.69, 9.17) is 9.47 Å². The maximum atomic E-state index is 5.53. The average Bonchev–Trinajstić information content (AvgIpc) is 2.21. The number of ether oxygens (including phenoxy) is 2. The second-order valence-corrected chi connectivity index (χ2v) is 4.14. The largest absolute Gasteiger partial charge is 0.379 e. The van der Waals surface area contributed by atoms with Crippen molar-refractivity contribution in [1.29, 1.82) is 0 Å². The first-order valence-corrected chi connectivity index (χ1v) is 6.68. The Hall–Kier alpha value is 0.400. The van der Waals surface area contributed by atoms with Crippen LogP contribution in [0.1, 0.15) is 33.1 Å². The van der Waals surface area contributed by atoms with E-state index in [9.17, 15) is 0 Å². The maximum absolute atomic E-state index is 5.53. The maximum Gasteiger partial charge on any atom is 0.0700 e. The van der Waals surface area contributed by atoms with Gasteiger partial charge in [0.05, 0.1) is 19.8 Å². The van der Waals surface area contributed by atoms with Crippen molar-refractivity contribution in [2.24, 2.45) is 5.92 Å². The van der Waals surface area contributed by atoms with Crippen molar-refractivity contribution in [3.8, 4) is 0 Å². The molecule has 1 atom stereocenters. The van der Waals surface area contributed by atoms with Gasteiger partial charge in [-0.05, 0) is 18.8 Å². The first kappa shape index (κ1) is 14.4. The van der Waals surface area contributed by atoms with E-state index in [0.717, 1.165) is 38.2 Å². The van der Waals surface area contributed by atoms with Crippen LogP contribution in [0.25, 0.3) is 0 Å². The van der Waals surface area contributed by atoms with Crippen molar-refractivity contribution in [2.45, 2.75) is 33.1 Å². The molecule has 0 saturated heterocycles. The van der Waals surface area contributed by atoms with Gasteiger partial charge in [-0.1, -0.05) is 36.2 Å². The van der Waals surface area contributed by atoms with Crippen molar-refractivity contribution in [3.05, 3.63) is 0 Å². The molecule has 0 radical (unpaired) electrons. The van der Waals surface area contributed by atoms with E-state index >= 15 is 0 Å². The summed E-state index contributed by atoms with van der Waals surface area (Å²) in [4.78, 5) is 0. The molecule has 0 N–H and O–H groups in total. The molecule has 86 valence electrons. The van der Waals surface area contributed by atoms with Gasteiger partial charge in [0.1, 0.15) is 0 Å². The third-order valence-electron chi connectivity index (χ3n) is 1.99. The standard InChI is InChI=1S/C11H23BrO2/c1-3-5-11(9-12)10-14-8-7-13-6-4-2/h11H,3-10H2,1-2H3. The summed E-state index contributed by atoms with van der Waals surface area (Å²) in [6.07, 6.45) is 3.55. The molecule has 0 spiro atoms. The van der Waals surface area contributed by atoms with Gasteiger partial charge < -0.3 is 9.47 Å². The predicted molar refractivity (Wildman–Crippen MR) is 64.1 cm³/mol. The van der Waals surface area contributed by atoms with Crippen LogP contribution in [0.4, 0.5) is 0 Å². The molecule has 0 aromatic carbocycles. The van der Waals surface area contributed by atoms with E-state index in [0.29, 0.717) is 5.92 Å². The molecule has 0 fully saturated rings. The van der Waals surface area contributed by atoms with Gasteiger partial charge in [0.25, 0.3) is 0 Å². The average molecular weight is 267 g/mol. The molecule has 0 aliphatic rings. The molecule has 0 rings (SSSR count). The summed E-state index contributed by atoms with van der Waals surface area (Å²) in [5.74, 6) is 0.658. The monoisotopic (exact) mass is 266 g/mol. The van der Waals surface area contributed by atoms with Crippen LogP contribution < -0.4 is 0 Å². The van der Waals surface area contributed by atoms with E-state index in [1.54, 1.807) is 0 Å². The van der Waals surface area contributed by atoms with Crippen molar-refractivity contribution < 1.29 is 9.47 Å². The summed E-state index contributed by atoms with van der Waals surface area (Å²) in [7, 11) is 0. The minimum atomic E-state index is 0.658. The van der Waals surface area contributed by atoms with E-state index in [1.807, 2.05) is 0 Å². The Kier molecular flexibility index (Phi) is 11.8. The summed E-state index contributed by atoms with van der Waals surface area (Å²) in [6.45, 7) is 7.49. The van der Waals surface area contributed by atoms with Gasteiger partial charge in [0.15, 0.2) is 0 Å². The first-order chi connectivity index (χ1) is 6.85. The van der Waals surface area contributed by atoms with E-state index in [1.165, 1.54) is 12.8 Å². The molecular formula is C11H23BrO2. The summed E-state index contributed by atoms with van der Waals surface area (Å²) in [5.41, 5.74) is 0. The molecule has 0 aliphatic carbocycles. The summed E-state index contributed by atoms with van der Waals surface area (Å²) >= 11 is 3.50. The van der Waals surface area contributed by atoms with Crippen LogP contribution in [-0.4, -0.2) is 31.8 Å². The lowest BCUT2D eigenvalue weighted by Crippen LogP contribution is -2.14. The normalized spacial score (nSPS) is 13.1. The lowest BCUT2D eigenvalue weighted by atomic mass is 10.1. The van der Waals surface area contributed by atoms with Crippen LogP contribution in [0.5, 0.6) is 0 Å². The molecule has 0 saturated carbocycles.